The van der Waals surface area contributed by atoms with Crippen LogP contribution in [0.5, 0.6) is 6.08 Å². The van der Waals surface area contributed by atoms with E-state index in [1.807, 2.05) is 24.3 Å². The molecule has 3 rings (SSSR count). The van der Waals surface area contributed by atoms with Gasteiger partial charge in [-0.3, -0.25) is 0 Å². The Labute approximate surface area is 106 Å². The van der Waals surface area contributed by atoms with E-state index in [0.29, 0.717) is 12.0 Å². The third-order valence-electron chi connectivity index (χ3n) is 3.59. The van der Waals surface area contributed by atoms with Crippen LogP contribution in [0.1, 0.15) is 25.7 Å². The van der Waals surface area contributed by atoms with E-state index in [4.69, 9.17) is 14.3 Å². The normalized spacial score (nSPS) is 24.3. The maximum Gasteiger partial charge on any atom is 0.394 e. The molecule has 96 valence electrons. The number of aliphatic hydroxyl groups excluding tert-OH is 1. The summed E-state index contributed by atoms with van der Waals surface area (Å²) in [4.78, 5) is 4.31. The molecule has 18 heavy (non-hydrogen) atoms. The average Bonchev–Trinajstić information content (AvgIpc) is 2.82. The molecule has 0 unspecified atom stereocenters. The Bertz CT molecular complexity index is 481. The van der Waals surface area contributed by atoms with Crippen LogP contribution in [0.15, 0.2) is 28.7 Å². The van der Waals surface area contributed by atoms with Crippen LogP contribution in [-0.4, -0.2) is 22.8 Å². The smallest absolute Gasteiger partial charge is 0.394 e. The van der Waals surface area contributed by atoms with E-state index in [2.05, 4.69) is 4.98 Å². The summed E-state index contributed by atoms with van der Waals surface area (Å²) in [6, 6.07) is 7.65. The molecule has 1 aromatic carbocycles. The van der Waals surface area contributed by atoms with Crippen LogP contribution in [0.25, 0.3) is 11.1 Å². The number of ether oxygens (including phenoxy) is 1. The molecular weight excluding hydrogens is 230 g/mol. The average molecular weight is 247 g/mol. The van der Waals surface area contributed by atoms with Crippen molar-refractivity contribution in [2.75, 3.05) is 6.61 Å². The van der Waals surface area contributed by atoms with Crippen molar-refractivity contribution < 1.29 is 14.3 Å². The highest BCUT2D eigenvalue weighted by atomic mass is 16.6. The van der Waals surface area contributed by atoms with Crippen LogP contribution >= 0.6 is 0 Å². The summed E-state index contributed by atoms with van der Waals surface area (Å²) < 4.78 is 11.3. The van der Waals surface area contributed by atoms with Crippen molar-refractivity contribution in [1.29, 1.82) is 0 Å². The molecular formula is C14H17NO3. The van der Waals surface area contributed by atoms with Gasteiger partial charge in [0.2, 0.25) is 0 Å². The highest BCUT2D eigenvalue weighted by Gasteiger charge is 2.23. The van der Waals surface area contributed by atoms with Crippen molar-refractivity contribution in [3.8, 4) is 6.08 Å². The Kier molecular flexibility index (Phi) is 3.19. The highest BCUT2D eigenvalue weighted by Crippen LogP contribution is 2.28. The standard InChI is InChI=1S/C14H17NO3/c16-9-10-5-7-11(8-6-10)17-14-15-12-3-1-2-4-13(12)18-14/h1-4,10-11,16H,5-9H2. The van der Waals surface area contributed by atoms with E-state index in [-0.39, 0.29) is 12.7 Å². The second-order valence-electron chi connectivity index (χ2n) is 4.89. The number of benzene rings is 1. The minimum absolute atomic E-state index is 0.167. The molecule has 1 aromatic heterocycles. The molecule has 1 fully saturated rings. The van der Waals surface area contributed by atoms with Crippen LogP contribution in [0.4, 0.5) is 0 Å². The molecule has 0 saturated heterocycles. The molecule has 0 aliphatic heterocycles. The second kappa shape index (κ2) is 4.98. The van der Waals surface area contributed by atoms with Crippen molar-refractivity contribution in [1.82, 2.24) is 4.98 Å². The highest BCUT2D eigenvalue weighted by molar-refractivity contribution is 5.72. The van der Waals surface area contributed by atoms with E-state index >= 15 is 0 Å². The minimum atomic E-state index is 0.167. The Morgan fingerprint density at radius 2 is 2.00 bits per heavy atom. The summed E-state index contributed by atoms with van der Waals surface area (Å²) in [5.74, 6) is 0.438. The monoisotopic (exact) mass is 247 g/mol. The quantitative estimate of drug-likeness (QED) is 0.906. The van der Waals surface area contributed by atoms with Gasteiger partial charge in [0.1, 0.15) is 11.6 Å². The number of nitrogens with zero attached hydrogens (tertiary/aromatic N) is 1. The number of fused-ring (bicyclic) bond motifs is 1. The summed E-state index contributed by atoms with van der Waals surface area (Å²) in [6.07, 6.45) is 4.49. The summed E-state index contributed by atoms with van der Waals surface area (Å²) in [5, 5.41) is 9.09. The van der Waals surface area contributed by atoms with Gasteiger partial charge in [-0.15, -0.1) is 0 Å². The molecule has 0 atom stereocenters. The zero-order chi connectivity index (χ0) is 12.4. The molecule has 0 amide bonds. The van der Waals surface area contributed by atoms with E-state index in [1.165, 1.54) is 0 Å². The number of para-hydroxylation sites is 2. The molecule has 1 aliphatic rings. The Morgan fingerprint density at radius 3 is 2.72 bits per heavy atom. The van der Waals surface area contributed by atoms with Gasteiger partial charge in [0.25, 0.3) is 0 Å². The number of aliphatic hydroxyl groups is 1. The van der Waals surface area contributed by atoms with Crippen molar-refractivity contribution in [3.05, 3.63) is 24.3 Å². The zero-order valence-electron chi connectivity index (χ0n) is 10.2. The van der Waals surface area contributed by atoms with Crippen LogP contribution in [0, 0.1) is 5.92 Å². The van der Waals surface area contributed by atoms with Crippen molar-refractivity contribution in [2.45, 2.75) is 31.8 Å². The van der Waals surface area contributed by atoms with Crippen molar-refractivity contribution in [3.63, 3.8) is 0 Å². The zero-order valence-corrected chi connectivity index (χ0v) is 10.2. The van der Waals surface area contributed by atoms with Gasteiger partial charge in [0.05, 0.1) is 0 Å². The Morgan fingerprint density at radius 1 is 1.22 bits per heavy atom. The predicted molar refractivity (Wildman–Crippen MR) is 67.5 cm³/mol. The fourth-order valence-corrected chi connectivity index (χ4v) is 2.48. The number of hydrogen-bond donors (Lipinski definition) is 1. The Balaban J connectivity index is 1.66. The summed E-state index contributed by atoms with van der Waals surface area (Å²) in [7, 11) is 0. The number of aromatic nitrogens is 1. The number of rotatable bonds is 3. The molecule has 0 bridgehead atoms. The van der Waals surface area contributed by atoms with E-state index in [0.717, 1.165) is 36.8 Å². The maximum atomic E-state index is 9.09. The van der Waals surface area contributed by atoms with Gasteiger partial charge in [-0.2, -0.15) is 4.98 Å². The van der Waals surface area contributed by atoms with E-state index in [9.17, 15) is 0 Å². The first-order chi connectivity index (χ1) is 8.85. The topological polar surface area (TPSA) is 55.5 Å². The van der Waals surface area contributed by atoms with Gasteiger partial charge in [0, 0.05) is 6.61 Å². The van der Waals surface area contributed by atoms with Gasteiger partial charge < -0.3 is 14.3 Å². The molecule has 2 aromatic rings. The SMILES string of the molecule is OCC1CCC(Oc2nc3ccccc3o2)CC1. The predicted octanol–water partition coefficient (Wildman–Crippen LogP) is 2.76. The molecule has 1 saturated carbocycles. The molecule has 4 nitrogen and oxygen atoms in total. The lowest BCUT2D eigenvalue weighted by Gasteiger charge is -2.26. The lowest BCUT2D eigenvalue weighted by atomic mass is 9.88. The largest absolute Gasteiger partial charge is 0.447 e. The first-order valence-corrected chi connectivity index (χ1v) is 6.48. The first-order valence-electron chi connectivity index (χ1n) is 6.48. The second-order valence-corrected chi connectivity index (χ2v) is 4.89. The fraction of sp³-hybridized carbons (Fsp3) is 0.500. The number of oxazole rings is 1. The van der Waals surface area contributed by atoms with Crippen molar-refractivity contribution in [2.24, 2.45) is 5.92 Å². The van der Waals surface area contributed by atoms with Crippen molar-refractivity contribution >= 4 is 11.1 Å². The minimum Gasteiger partial charge on any atom is -0.447 e. The maximum absolute atomic E-state index is 9.09. The molecule has 0 spiro atoms. The third kappa shape index (κ3) is 2.34. The molecule has 1 heterocycles. The molecule has 0 radical (unpaired) electrons. The fourth-order valence-electron chi connectivity index (χ4n) is 2.48. The number of hydrogen-bond acceptors (Lipinski definition) is 4. The summed E-state index contributed by atoms with van der Waals surface area (Å²) in [6.45, 7) is 0.287. The molecule has 1 aliphatic carbocycles. The third-order valence-corrected chi connectivity index (χ3v) is 3.59. The van der Waals surface area contributed by atoms with E-state index in [1.54, 1.807) is 0 Å². The summed E-state index contributed by atoms with van der Waals surface area (Å²) in [5.41, 5.74) is 1.59. The van der Waals surface area contributed by atoms with Gasteiger partial charge in [-0.05, 0) is 43.7 Å². The lowest BCUT2D eigenvalue weighted by molar-refractivity contribution is 0.0811. The first kappa shape index (κ1) is 11.5. The van der Waals surface area contributed by atoms with E-state index < -0.39 is 0 Å². The Hall–Kier alpha value is -1.55. The van der Waals surface area contributed by atoms with Gasteiger partial charge in [-0.25, -0.2) is 0 Å². The van der Waals surface area contributed by atoms with Gasteiger partial charge in [-0.1, -0.05) is 12.1 Å². The van der Waals surface area contributed by atoms with Gasteiger partial charge >= 0.3 is 6.08 Å². The molecule has 4 heteroatoms. The lowest BCUT2D eigenvalue weighted by Crippen LogP contribution is -2.25. The van der Waals surface area contributed by atoms with Crippen LogP contribution < -0.4 is 4.74 Å². The van der Waals surface area contributed by atoms with Gasteiger partial charge in [0.15, 0.2) is 5.58 Å². The van der Waals surface area contributed by atoms with Crippen LogP contribution in [-0.2, 0) is 0 Å². The van der Waals surface area contributed by atoms with Crippen LogP contribution in [0.2, 0.25) is 0 Å². The summed E-state index contributed by atoms with van der Waals surface area (Å²) >= 11 is 0. The molecule has 1 N–H and O–H groups in total. The van der Waals surface area contributed by atoms with Crippen LogP contribution in [0.3, 0.4) is 0 Å².